The Morgan fingerprint density at radius 2 is 1.94 bits per heavy atom. The molecule has 0 amide bonds. The standard InChI is InChI=1S/C14H28BNO/c1-12(2)9-15-16(10-13(3)11-17-15)14-7-5-4-6-8-14/h12-14H,4-11H2,1-3H3/t13-/m1/s1. The lowest BCUT2D eigenvalue weighted by Crippen LogP contribution is -2.55. The van der Waals surface area contributed by atoms with Gasteiger partial charge in [-0.2, -0.15) is 0 Å². The maximum Gasteiger partial charge on any atom is 0.382 e. The molecule has 17 heavy (non-hydrogen) atoms. The third kappa shape index (κ3) is 3.72. The highest BCUT2D eigenvalue weighted by atomic mass is 16.4. The number of hydrogen-bond acceptors (Lipinski definition) is 2. The monoisotopic (exact) mass is 237 g/mol. The zero-order valence-corrected chi connectivity index (χ0v) is 11.8. The third-order valence-electron chi connectivity index (χ3n) is 4.18. The Balaban J connectivity index is 1.96. The van der Waals surface area contributed by atoms with Crippen LogP contribution in [0.2, 0.25) is 6.32 Å². The molecule has 2 aliphatic rings. The van der Waals surface area contributed by atoms with Crippen molar-refractivity contribution in [1.82, 2.24) is 4.81 Å². The Labute approximate surface area is 107 Å². The van der Waals surface area contributed by atoms with Gasteiger partial charge in [0.05, 0.1) is 0 Å². The largest absolute Gasteiger partial charge is 0.421 e. The molecule has 1 atom stereocenters. The lowest BCUT2D eigenvalue weighted by atomic mass is 9.67. The van der Waals surface area contributed by atoms with E-state index in [2.05, 4.69) is 25.6 Å². The van der Waals surface area contributed by atoms with Crippen LogP contribution in [-0.4, -0.2) is 31.1 Å². The van der Waals surface area contributed by atoms with Gasteiger partial charge in [-0.05, 0) is 37.5 Å². The minimum atomic E-state index is 0.397. The molecular weight excluding hydrogens is 209 g/mol. The maximum atomic E-state index is 6.09. The fourth-order valence-corrected chi connectivity index (χ4v) is 3.30. The van der Waals surface area contributed by atoms with Crippen LogP contribution in [0.15, 0.2) is 0 Å². The molecule has 0 aromatic rings. The van der Waals surface area contributed by atoms with Crippen molar-refractivity contribution in [2.24, 2.45) is 11.8 Å². The molecule has 1 saturated carbocycles. The van der Waals surface area contributed by atoms with E-state index < -0.39 is 0 Å². The van der Waals surface area contributed by atoms with Crippen molar-refractivity contribution < 1.29 is 4.65 Å². The van der Waals surface area contributed by atoms with Gasteiger partial charge in [-0.15, -0.1) is 0 Å². The highest BCUT2D eigenvalue weighted by Crippen LogP contribution is 2.28. The topological polar surface area (TPSA) is 12.5 Å². The Hall–Kier alpha value is -0.0151. The van der Waals surface area contributed by atoms with Gasteiger partial charge in [0.1, 0.15) is 0 Å². The second kappa shape index (κ2) is 6.24. The zero-order chi connectivity index (χ0) is 12.3. The maximum absolute atomic E-state index is 6.09. The lowest BCUT2D eigenvalue weighted by molar-refractivity contribution is 0.108. The minimum absolute atomic E-state index is 0.397. The summed E-state index contributed by atoms with van der Waals surface area (Å²) in [6, 6.07) is 0.801. The van der Waals surface area contributed by atoms with Crippen molar-refractivity contribution in [3.8, 4) is 0 Å². The van der Waals surface area contributed by atoms with Crippen LogP contribution in [0.4, 0.5) is 0 Å². The molecule has 0 aromatic heterocycles. The third-order valence-corrected chi connectivity index (χ3v) is 4.18. The minimum Gasteiger partial charge on any atom is -0.421 e. The van der Waals surface area contributed by atoms with Crippen molar-refractivity contribution in [2.45, 2.75) is 65.2 Å². The molecule has 1 aliphatic heterocycles. The summed E-state index contributed by atoms with van der Waals surface area (Å²) in [5, 5.41) is 0. The molecule has 2 nitrogen and oxygen atoms in total. The summed E-state index contributed by atoms with van der Waals surface area (Å²) in [7, 11) is 0.397. The number of hydrogen-bond donors (Lipinski definition) is 0. The van der Waals surface area contributed by atoms with Crippen molar-refractivity contribution in [2.75, 3.05) is 13.2 Å². The van der Waals surface area contributed by atoms with Gasteiger partial charge in [-0.25, -0.2) is 0 Å². The molecule has 2 fully saturated rings. The van der Waals surface area contributed by atoms with E-state index in [9.17, 15) is 0 Å². The van der Waals surface area contributed by atoms with Crippen LogP contribution in [0.25, 0.3) is 0 Å². The molecule has 1 saturated heterocycles. The molecule has 0 unspecified atom stereocenters. The molecule has 1 heterocycles. The summed E-state index contributed by atoms with van der Waals surface area (Å²) in [6.07, 6.45) is 8.27. The predicted molar refractivity (Wildman–Crippen MR) is 74.1 cm³/mol. The van der Waals surface area contributed by atoms with Gasteiger partial charge in [-0.3, -0.25) is 0 Å². The van der Waals surface area contributed by atoms with Crippen molar-refractivity contribution in [3.05, 3.63) is 0 Å². The summed E-state index contributed by atoms with van der Waals surface area (Å²) in [4.78, 5) is 2.69. The van der Waals surface area contributed by atoms with Gasteiger partial charge in [0.2, 0.25) is 0 Å². The van der Waals surface area contributed by atoms with Crippen LogP contribution >= 0.6 is 0 Å². The molecule has 3 heteroatoms. The SMILES string of the molecule is CC(C)CB1OC[C@H](C)CN1C1CCCCC1. The Bertz CT molecular complexity index is 228. The fourth-order valence-electron chi connectivity index (χ4n) is 3.30. The lowest BCUT2D eigenvalue weighted by Gasteiger charge is -2.43. The first-order chi connectivity index (χ1) is 8.16. The summed E-state index contributed by atoms with van der Waals surface area (Å²) in [5.74, 6) is 1.44. The second-order valence-corrected chi connectivity index (χ2v) is 6.51. The zero-order valence-electron chi connectivity index (χ0n) is 11.8. The summed E-state index contributed by atoms with van der Waals surface area (Å²) >= 11 is 0. The highest BCUT2D eigenvalue weighted by molar-refractivity contribution is 6.49. The van der Waals surface area contributed by atoms with Crippen LogP contribution in [-0.2, 0) is 4.65 Å². The van der Waals surface area contributed by atoms with E-state index in [4.69, 9.17) is 4.65 Å². The normalized spacial score (nSPS) is 28.9. The molecule has 98 valence electrons. The first-order valence-corrected chi connectivity index (χ1v) is 7.54. The van der Waals surface area contributed by atoms with Gasteiger partial charge in [-0.1, -0.05) is 40.0 Å². The molecule has 1 aliphatic carbocycles. The van der Waals surface area contributed by atoms with E-state index in [1.54, 1.807) is 0 Å². The molecule has 0 spiro atoms. The molecule has 2 rings (SSSR count). The van der Waals surface area contributed by atoms with Gasteiger partial charge in [0, 0.05) is 12.6 Å². The van der Waals surface area contributed by atoms with Crippen LogP contribution in [0, 0.1) is 11.8 Å². The average Bonchev–Trinajstić information content (AvgIpc) is 2.32. The average molecular weight is 237 g/mol. The Morgan fingerprint density at radius 3 is 2.59 bits per heavy atom. The summed E-state index contributed by atoms with van der Waals surface area (Å²) < 4.78 is 6.09. The molecular formula is C14H28BNO. The fraction of sp³-hybridized carbons (Fsp3) is 1.00. The van der Waals surface area contributed by atoms with E-state index in [0.29, 0.717) is 13.0 Å². The van der Waals surface area contributed by atoms with E-state index in [1.165, 1.54) is 45.0 Å². The van der Waals surface area contributed by atoms with E-state index in [0.717, 1.165) is 18.6 Å². The van der Waals surface area contributed by atoms with Crippen LogP contribution in [0.1, 0.15) is 52.9 Å². The predicted octanol–water partition coefficient (Wildman–Crippen LogP) is 3.43. The first kappa shape index (κ1) is 13.4. The number of rotatable bonds is 3. The van der Waals surface area contributed by atoms with Crippen molar-refractivity contribution in [3.63, 3.8) is 0 Å². The summed E-state index contributed by atoms with van der Waals surface area (Å²) in [5.41, 5.74) is 0. The van der Waals surface area contributed by atoms with Crippen LogP contribution < -0.4 is 0 Å². The second-order valence-electron chi connectivity index (χ2n) is 6.51. The van der Waals surface area contributed by atoms with Crippen molar-refractivity contribution in [1.29, 1.82) is 0 Å². The Morgan fingerprint density at radius 1 is 1.24 bits per heavy atom. The molecule has 0 N–H and O–H groups in total. The smallest absolute Gasteiger partial charge is 0.382 e. The summed E-state index contributed by atoms with van der Waals surface area (Å²) in [6.45, 7) is 9.14. The quantitative estimate of drug-likeness (QED) is 0.697. The Kier molecular flexibility index (Phi) is 4.92. The van der Waals surface area contributed by atoms with Gasteiger partial charge in [0.25, 0.3) is 0 Å². The first-order valence-electron chi connectivity index (χ1n) is 7.54. The van der Waals surface area contributed by atoms with Crippen molar-refractivity contribution >= 4 is 7.05 Å². The van der Waals surface area contributed by atoms with Gasteiger partial charge >= 0.3 is 7.05 Å². The molecule has 0 bridgehead atoms. The van der Waals surface area contributed by atoms with E-state index >= 15 is 0 Å². The number of nitrogens with zero attached hydrogens (tertiary/aromatic N) is 1. The highest BCUT2D eigenvalue weighted by Gasteiger charge is 2.36. The van der Waals surface area contributed by atoms with Gasteiger partial charge in [0.15, 0.2) is 0 Å². The van der Waals surface area contributed by atoms with E-state index in [-0.39, 0.29) is 0 Å². The molecule has 0 radical (unpaired) electrons. The van der Waals surface area contributed by atoms with Crippen LogP contribution in [0.5, 0.6) is 0 Å². The van der Waals surface area contributed by atoms with Crippen LogP contribution in [0.3, 0.4) is 0 Å². The van der Waals surface area contributed by atoms with Gasteiger partial charge < -0.3 is 9.47 Å². The van der Waals surface area contributed by atoms with E-state index in [1.807, 2.05) is 0 Å². The molecule has 0 aromatic carbocycles.